The van der Waals surface area contributed by atoms with Gasteiger partial charge in [-0.25, -0.2) is 4.98 Å². The number of rotatable bonds is 14. The number of unbranched alkanes of at least 4 members (excludes halogenated alkanes) is 5. The lowest BCUT2D eigenvalue weighted by atomic mass is 10.1. The van der Waals surface area contributed by atoms with E-state index < -0.39 is 12.1 Å². The number of carbonyl (C=O) groups is 2. The Morgan fingerprint density at radius 1 is 1.15 bits per heavy atom. The van der Waals surface area contributed by atoms with Gasteiger partial charge in [-0.3, -0.25) is 9.59 Å². The first kappa shape index (κ1) is 22.8. The minimum Gasteiger partial charge on any atom is -0.481 e. The number of pyridine rings is 1. The summed E-state index contributed by atoms with van der Waals surface area (Å²) >= 11 is 0. The highest BCUT2D eigenvalue weighted by Gasteiger charge is 2.07. The van der Waals surface area contributed by atoms with Crippen molar-refractivity contribution in [2.75, 3.05) is 6.54 Å². The van der Waals surface area contributed by atoms with E-state index in [9.17, 15) is 14.7 Å². The number of hydrogen-bond donors (Lipinski definition) is 3. The van der Waals surface area contributed by atoms with Gasteiger partial charge in [-0.15, -0.1) is 0 Å². The highest BCUT2D eigenvalue weighted by Crippen LogP contribution is 2.10. The molecule has 150 valence electrons. The van der Waals surface area contributed by atoms with E-state index in [1.807, 2.05) is 0 Å². The van der Waals surface area contributed by atoms with Crippen LogP contribution in [0, 0.1) is 0 Å². The third-order valence-corrected chi connectivity index (χ3v) is 4.20. The lowest BCUT2D eigenvalue weighted by Crippen LogP contribution is -2.25. The van der Waals surface area contributed by atoms with Crippen molar-refractivity contribution in [1.29, 1.82) is 0 Å². The van der Waals surface area contributed by atoms with E-state index in [-0.39, 0.29) is 18.0 Å². The van der Waals surface area contributed by atoms with E-state index in [4.69, 9.17) is 5.11 Å². The van der Waals surface area contributed by atoms with Gasteiger partial charge in [0.25, 0.3) is 5.91 Å². The maximum absolute atomic E-state index is 12.0. The average Bonchev–Trinajstić information content (AvgIpc) is 2.66. The summed E-state index contributed by atoms with van der Waals surface area (Å²) in [6, 6.07) is 5.12. The molecule has 0 aliphatic carbocycles. The van der Waals surface area contributed by atoms with Gasteiger partial charge in [0.2, 0.25) is 0 Å². The molecule has 0 saturated carbocycles. The maximum Gasteiger partial charge on any atom is 0.303 e. The lowest BCUT2D eigenvalue weighted by molar-refractivity contribution is -0.137. The molecule has 0 radical (unpaired) electrons. The molecule has 0 bridgehead atoms. The molecule has 0 saturated heterocycles. The average molecular weight is 376 g/mol. The molecular weight excluding hydrogens is 344 g/mol. The van der Waals surface area contributed by atoms with E-state index in [2.05, 4.69) is 17.2 Å². The van der Waals surface area contributed by atoms with Crippen molar-refractivity contribution in [3.63, 3.8) is 0 Å². The van der Waals surface area contributed by atoms with Gasteiger partial charge in [0.05, 0.1) is 11.8 Å². The van der Waals surface area contributed by atoms with Gasteiger partial charge in [-0.05, 0) is 31.1 Å². The molecule has 1 amide bonds. The highest BCUT2D eigenvalue weighted by atomic mass is 16.4. The predicted molar refractivity (Wildman–Crippen MR) is 106 cm³/mol. The largest absolute Gasteiger partial charge is 0.481 e. The van der Waals surface area contributed by atoms with E-state index >= 15 is 0 Å². The second-order valence-electron chi connectivity index (χ2n) is 6.68. The van der Waals surface area contributed by atoms with Crippen LogP contribution in [0.15, 0.2) is 24.3 Å². The Labute approximate surface area is 161 Å². The summed E-state index contributed by atoms with van der Waals surface area (Å²) in [4.78, 5) is 26.8. The number of aliphatic carboxylic acids is 1. The number of carbonyl (C=O) groups excluding carboxylic acids is 1. The fraction of sp³-hybridized carbons (Fsp3) is 0.571. The van der Waals surface area contributed by atoms with Gasteiger partial charge in [0, 0.05) is 13.0 Å². The van der Waals surface area contributed by atoms with Crippen molar-refractivity contribution in [3.8, 4) is 0 Å². The molecule has 1 unspecified atom stereocenters. The molecular formula is C21H32N2O4. The zero-order valence-corrected chi connectivity index (χ0v) is 16.2. The summed E-state index contributed by atoms with van der Waals surface area (Å²) in [6.07, 6.45) is 11.2. The Kier molecular flexibility index (Phi) is 11.8. The van der Waals surface area contributed by atoms with Crippen molar-refractivity contribution in [3.05, 3.63) is 35.7 Å². The summed E-state index contributed by atoms with van der Waals surface area (Å²) in [5.41, 5.74) is 0.882. The Morgan fingerprint density at radius 2 is 1.89 bits per heavy atom. The van der Waals surface area contributed by atoms with Crippen LogP contribution in [0.5, 0.6) is 0 Å². The molecule has 1 atom stereocenters. The van der Waals surface area contributed by atoms with Crippen LogP contribution < -0.4 is 5.32 Å². The second-order valence-corrected chi connectivity index (χ2v) is 6.68. The SMILES string of the molecule is CCCCCCCCC(O)C=Cc1cccc(C(=O)NCCCC(=O)O)n1. The minimum absolute atomic E-state index is 0.0208. The van der Waals surface area contributed by atoms with E-state index in [1.165, 1.54) is 25.7 Å². The number of aliphatic hydroxyl groups is 1. The van der Waals surface area contributed by atoms with Crippen molar-refractivity contribution in [2.45, 2.75) is 70.8 Å². The molecule has 1 heterocycles. The van der Waals surface area contributed by atoms with Crippen molar-refractivity contribution in [2.24, 2.45) is 0 Å². The van der Waals surface area contributed by atoms with Crippen molar-refractivity contribution < 1.29 is 19.8 Å². The number of aliphatic hydroxyl groups excluding tert-OH is 1. The van der Waals surface area contributed by atoms with Crippen LogP contribution in [0.3, 0.4) is 0 Å². The third kappa shape index (κ3) is 11.2. The molecule has 27 heavy (non-hydrogen) atoms. The van der Waals surface area contributed by atoms with Gasteiger partial charge >= 0.3 is 5.97 Å². The third-order valence-electron chi connectivity index (χ3n) is 4.20. The number of nitrogens with zero attached hydrogens (tertiary/aromatic N) is 1. The number of aromatic nitrogens is 1. The lowest BCUT2D eigenvalue weighted by Gasteiger charge is -2.06. The molecule has 1 aromatic rings. The summed E-state index contributed by atoms with van der Waals surface area (Å²) < 4.78 is 0. The van der Waals surface area contributed by atoms with Crippen molar-refractivity contribution in [1.82, 2.24) is 10.3 Å². The molecule has 3 N–H and O–H groups in total. The fourth-order valence-corrected chi connectivity index (χ4v) is 2.64. The quantitative estimate of drug-likeness (QED) is 0.429. The van der Waals surface area contributed by atoms with Gasteiger partial charge in [-0.2, -0.15) is 0 Å². The Bertz CT molecular complexity index is 602. The van der Waals surface area contributed by atoms with Crippen LogP contribution in [0.1, 0.15) is 80.9 Å². The van der Waals surface area contributed by atoms with Crippen molar-refractivity contribution >= 4 is 18.0 Å². The molecule has 6 heteroatoms. The zero-order chi connectivity index (χ0) is 19.9. The molecule has 1 rings (SSSR count). The van der Waals surface area contributed by atoms with Gasteiger partial charge in [0.1, 0.15) is 5.69 Å². The van der Waals surface area contributed by atoms with E-state index in [1.54, 1.807) is 30.4 Å². The van der Waals surface area contributed by atoms with Gasteiger partial charge in [0.15, 0.2) is 0 Å². The minimum atomic E-state index is -0.881. The zero-order valence-electron chi connectivity index (χ0n) is 16.2. The number of amides is 1. The molecule has 0 spiro atoms. The van der Waals surface area contributed by atoms with Gasteiger partial charge in [-0.1, -0.05) is 57.6 Å². The van der Waals surface area contributed by atoms with Crippen LogP contribution >= 0.6 is 0 Å². The normalized spacial score (nSPS) is 12.2. The number of carboxylic acid groups (broad SMARTS) is 1. The van der Waals surface area contributed by atoms with E-state index in [0.717, 1.165) is 19.3 Å². The number of carboxylic acids is 1. The first-order chi connectivity index (χ1) is 13.0. The monoisotopic (exact) mass is 376 g/mol. The molecule has 1 aromatic heterocycles. The summed E-state index contributed by atoms with van der Waals surface area (Å²) in [7, 11) is 0. The van der Waals surface area contributed by atoms with E-state index in [0.29, 0.717) is 18.7 Å². The Hall–Kier alpha value is -2.21. The Balaban J connectivity index is 2.38. The standard InChI is InChI=1S/C21H32N2O4/c1-2-3-4-5-6-7-11-18(24)15-14-17-10-8-12-19(23-17)21(27)22-16-9-13-20(25)26/h8,10,12,14-15,18,24H,2-7,9,11,13,16H2,1H3,(H,22,27)(H,25,26). The molecule has 0 aliphatic heterocycles. The molecule has 0 aliphatic rings. The predicted octanol–water partition coefficient (Wildman–Crippen LogP) is 3.80. The maximum atomic E-state index is 12.0. The first-order valence-corrected chi connectivity index (χ1v) is 9.86. The number of hydrogen-bond acceptors (Lipinski definition) is 4. The molecule has 0 fully saturated rings. The highest BCUT2D eigenvalue weighted by molar-refractivity contribution is 5.92. The molecule has 0 aromatic carbocycles. The summed E-state index contributed by atoms with van der Waals surface area (Å²) in [5.74, 6) is -1.21. The summed E-state index contributed by atoms with van der Waals surface area (Å²) in [6.45, 7) is 2.49. The number of nitrogens with one attached hydrogen (secondary N) is 1. The fourth-order valence-electron chi connectivity index (χ4n) is 2.64. The van der Waals surface area contributed by atoms with Crippen LogP contribution in [0.25, 0.3) is 6.08 Å². The van der Waals surface area contributed by atoms with Crippen LogP contribution in [0.4, 0.5) is 0 Å². The van der Waals surface area contributed by atoms with Crippen LogP contribution in [-0.2, 0) is 4.79 Å². The van der Waals surface area contributed by atoms with Gasteiger partial charge < -0.3 is 15.5 Å². The first-order valence-electron chi connectivity index (χ1n) is 9.86. The second kappa shape index (κ2) is 13.9. The van der Waals surface area contributed by atoms with Crippen LogP contribution in [-0.4, -0.2) is 39.7 Å². The smallest absolute Gasteiger partial charge is 0.303 e. The Morgan fingerprint density at radius 3 is 2.63 bits per heavy atom. The molecule has 6 nitrogen and oxygen atoms in total. The summed E-state index contributed by atoms with van der Waals surface area (Å²) in [5, 5.41) is 21.3. The topological polar surface area (TPSA) is 99.5 Å². The van der Waals surface area contributed by atoms with Crippen LogP contribution in [0.2, 0.25) is 0 Å².